The lowest BCUT2D eigenvalue weighted by Gasteiger charge is -2.09. The number of carboxylic acids is 1. The Balaban J connectivity index is 2.37. The molecule has 100 valence electrons. The molecule has 0 radical (unpaired) electrons. The highest BCUT2D eigenvalue weighted by molar-refractivity contribution is 5.94. The van der Waals surface area contributed by atoms with Gasteiger partial charge in [0.1, 0.15) is 0 Å². The van der Waals surface area contributed by atoms with E-state index in [4.69, 9.17) is 0 Å². The largest absolute Gasteiger partial charge is 0.478 e. The van der Waals surface area contributed by atoms with Gasteiger partial charge in [-0.3, -0.25) is 0 Å². The SMILES string of the molecule is Cc1cccc2c1c(C)cn2-c1ccccc1C(=O)O. The van der Waals surface area contributed by atoms with Gasteiger partial charge in [0, 0.05) is 11.6 Å². The monoisotopic (exact) mass is 265 g/mol. The minimum atomic E-state index is -0.909. The van der Waals surface area contributed by atoms with Crippen molar-refractivity contribution in [3.8, 4) is 5.69 Å². The molecule has 3 rings (SSSR count). The van der Waals surface area contributed by atoms with Gasteiger partial charge in [0.05, 0.1) is 16.8 Å². The van der Waals surface area contributed by atoms with Crippen molar-refractivity contribution in [2.75, 3.05) is 0 Å². The topological polar surface area (TPSA) is 42.2 Å². The van der Waals surface area contributed by atoms with E-state index in [1.807, 2.05) is 35.0 Å². The molecule has 0 aliphatic carbocycles. The van der Waals surface area contributed by atoms with Gasteiger partial charge in [-0.25, -0.2) is 4.79 Å². The number of carboxylic acid groups (broad SMARTS) is 1. The van der Waals surface area contributed by atoms with Crippen LogP contribution in [0.5, 0.6) is 0 Å². The first-order valence-corrected chi connectivity index (χ1v) is 6.49. The van der Waals surface area contributed by atoms with Gasteiger partial charge in [-0.05, 0) is 43.2 Å². The minimum Gasteiger partial charge on any atom is -0.478 e. The van der Waals surface area contributed by atoms with Crippen LogP contribution in [0.2, 0.25) is 0 Å². The number of carbonyl (C=O) groups is 1. The van der Waals surface area contributed by atoms with Crippen molar-refractivity contribution in [3.05, 3.63) is 65.4 Å². The molecule has 1 N–H and O–H groups in total. The first kappa shape index (κ1) is 12.5. The van der Waals surface area contributed by atoms with Crippen LogP contribution in [0.4, 0.5) is 0 Å². The molecule has 3 aromatic rings. The van der Waals surface area contributed by atoms with Crippen LogP contribution in [0.1, 0.15) is 21.5 Å². The normalized spacial score (nSPS) is 10.9. The molecule has 2 aromatic carbocycles. The molecule has 0 saturated heterocycles. The van der Waals surface area contributed by atoms with Crippen LogP contribution in [0.25, 0.3) is 16.6 Å². The van der Waals surface area contributed by atoms with Gasteiger partial charge in [-0.2, -0.15) is 0 Å². The molecule has 0 spiro atoms. The van der Waals surface area contributed by atoms with Crippen LogP contribution in [0.15, 0.2) is 48.7 Å². The Morgan fingerprint density at radius 3 is 2.50 bits per heavy atom. The lowest BCUT2D eigenvalue weighted by molar-refractivity contribution is 0.0697. The maximum absolute atomic E-state index is 11.4. The smallest absolute Gasteiger partial charge is 0.337 e. The number of aryl methyl sites for hydroxylation is 2. The molecular weight excluding hydrogens is 250 g/mol. The number of aromatic carboxylic acids is 1. The fourth-order valence-corrected chi connectivity index (χ4v) is 2.76. The molecule has 0 atom stereocenters. The Morgan fingerprint density at radius 2 is 1.75 bits per heavy atom. The average Bonchev–Trinajstić information content (AvgIpc) is 2.77. The van der Waals surface area contributed by atoms with E-state index in [0.29, 0.717) is 11.3 Å². The molecule has 3 heteroatoms. The van der Waals surface area contributed by atoms with Gasteiger partial charge in [0.25, 0.3) is 0 Å². The Hall–Kier alpha value is -2.55. The molecule has 0 amide bonds. The second-order valence-electron chi connectivity index (χ2n) is 4.97. The number of rotatable bonds is 2. The molecule has 0 aliphatic heterocycles. The van der Waals surface area contributed by atoms with Gasteiger partial charge in [0.15, 0.2) is 0 Å². The Labute approximate surface area is 117 Å². The summed E-state index contributed by atoms with van der Waals surface area (Å²) < 4.78 is 1.96. The van der Waals surface area contributed by atoms with E-state index in [-0.39, 0.29) is 0 Å². The van der Waals surface area contributed by atoms with Crippen molar-refractivity contribution in [1.82, 2.24) is 4.57 Å². The summed E-state index contributed by atoms with van der Waals surface area (Å²) in [5.41, 5.74) is 4.40. The summed E-state index contributed by atoms with van der Waals surface area (Å²) in [6, 6.07) is 13.2. The Kier molecular flexibility index (Phi) is 2.83. The number of nitrogens with zero attached hydrogens (tertiary/aromatic N) is 1. The van der Waals surface area contributed by atoms with E-state index in [2.05, 4.69) is 19.9 Å². The fourth-order valence-electron chi connectivity index (χ4n) is 2.76. The molecule has 1 aromatic heterocycles. The van der Waals surface area contributed by atoms with Crippen LogP contribution >= 0.6 is 0 Å². The number of fused-ring (bicyclic) bond motifs is 1. The molecule has 20 heavy (non-hydrogen) atoms. The van der Waals surface area contributed by atoms with Crippen LogP contribution in [-0.2, 0) is 0 Å². The summed E-state index contributed by atoms with van der Waals surface area (Å²) >= 11 is 0. The Morgan fingerprint density at radius 1 is 1.00 bits per heavy atom. The van der Waals surface area contributed by atoms with E-state index in [0.717, 1.165) is 11.1 Å². The maximum atomic E-state index is 11.4. The van der Waals surface area contributed by atoms with Crippen molar-refractivity contribution in [1.29, 1.82) is 0 Å². The summed E-state index contributed by atoms with van der Waals surface area (Å²) in [7, 11) is 0. The second-order valence-corrected chi connectivity index (χ2v) is 4.97. The third-order valence-electron chi connectivity index (χ3n) is 3.62. The lowest BCUT2D eigenvalue weighted by atomic mass is 10.1. The van der Waals surface area contributed by atoms with Crippen LogP contribution in [0.3, 0.4) is 0 Å². The number of hydrogen-bond donors (Lipinski definition) is 1. The van der Waals surface area contributed by atoms with Crippen LogP contribution in [-0.4, -0.2) is 15.6 Å². The zero-order valence-corrected chi connectivity index (χ0v) is 11.4. The first-order chi connectivity index (χ1) is 9.59. The molecule has 3 nitrogen and oxygen atoms in total. The number of benzene rings is 2. The summed E-state index contributed by atoms with van der Waals surface area (Å²) in [4.78, 5) is 11.4. The van der Waals surface area contributed by atoms with Crippen molar-refractivity contribution < 1.29 is 9.90 Å². The van der Waals surface area contributed by atoms with Crippen molar-refractivity contribution in [2.24, 2.45) is 0 Å². The minimum absolute atomic E-state index is 0.311. The highest BCUT2D eigenvalue weighted by Gasteiger charge is 2.14. The summed E-state index contributed by atoms with van der Waals surface area (Å²) in [6.07, 6.45) is 2.00. The van der Waals surface area contributed by atoms with E-state index in [9.17, 15) is 9.90 Å². The van der Waals surface area contributed by atoms with Crippen molar-refractivity contribution in [2.45, 2.75) is 13.8 Å². The molecule has 0 aliphatic rings. The van der Waals surface area contributed by atoms with E-state index in [1.165, 1.54) is 10.9 Å². The molecule has 0 bridgehead atoms. The van der Waals surface area contributed by atoms with E-state index < -0.39 is 5.97 Å². The Bertz CT molecular complexity index is 815. The number of aromatic nitrogens is 1. The average molecular weight is 265 g/mol. The fraction of sp³-hybridized carbons (Fsp3) is 0.118. The quantitative estimate of drug-likeness (QED) is 0.762. The zero-order chi connectivity index (χ0) is 14.3. The second kappa shape index (κ2) is 4.53. The van der Waals surface area contributed by atoms with Crippen LogP contribution in [0, 0.1) is 13.8 Å². The van der Waals surface area contributed by atoms with E-state index >= 15 is 0 Å². The highest BCUT2D eigenvalue weighted by Crippen LogP contribution is 2.28. The highest BCUT2D eigenvalue weighted by atomic mass is 16.4. The first-order valence-electron chi connectivity index (χ1n) is 6.49. The summed E-state index contributed by atoms with van der Waals surface area (Å²) in [5, 5.41) is 10.5. The maximum Gasteiger partial charge on any atom is 0.337 e. The predicted octanol–water partition coefficient (Wildman–Crippen LogP) is 3.95. The third kappa shape index (κ3) is 1.79. The third-order valence-corrected chi connectivity index (χ3v) is 3.62. The zero-order valence-electron chi connectivity index (χ0n) is 11.4. The standard InChI is InChI=1S/C17H15NO2/c1-11-6-5-9-15-16(11)12(2)10-18(15)14-8-4-3-7-13(14)17(19)20/h3-10H,1-2H3,(H,19,20). The predicted molar refractivity (Wildman–Crippen MR) is 79.7 cm³/mol. The van der Waals surface area contributed by atoms with Gasteiger partial charge >= 0.3 is 5.97 Å². The molecular formula is C17H15NO2. The lowest BCUT2D eigenvalue weighted by Crippen LogP contribution is -2.04. The number of para-hydroxylation sites is 1. The van der Waals surface area contributed by atoms with Crippen LogP contribution < -0.4 is 0 Å². The molecule has 0 saturated carbocycles. The van der Waals surface area contributed by atoms with Gasteiger partial charge < -0.3 is 9.67 Å². The molecule has 0 unspecified atom stereocenters. The van der Waals surface area contributed by atoms with Crippen molar-refractivity contribution in [3.63, 3.8) is 0 Å². The molecule has 0 fully saturated rings. The van der Waals surface area contributed by atoms with Gasteiger partial charge in [0.2, 0.25) is 0 Å². The van der Waals surface area contributed by atoms with Gasteiger partial charge in [-0.1, -0.05) is 24.3 Å². The van der Waals surface area contributed by atoms with E-state index in [1.54, 1.807) is 12.1 Å². The number of hydrogen-bond acceptors (Lipinski definition) is 1. The summed E-state index contributed by atoms with van der Waals surface area (Å²) in [6.45, 7) is 4.12. The van der Waals surface area contributed by atoms with Crippen molar-refractivity contribution >= 4 is 16.9 Å². The van der Waals surface area contributed by atoms with Gasteiger partial charge in [-0.15, -0.1) is 0 Å². The summed E-state index contributed by atoms with van der Waals surface area (Å²) in [5.74, 6) is -0.909. The molecule has 1 heterocycles.